The average Bonchev–Trinajstić information content (AvgIpc) is 2.45. The lowest BCUT2D eigenvalue weighted by molar-refractivity contribution is -0.123. The number of aliphatic hydroxyl groups excluding tert-OH is 1. The number of hydrogen-bond acceptors (Lipinski definition) is 3. The van der Waals surface area contributed by atoms with Gasteiger partial charge in [0.25, 0.3) is 0 Å². The first-order valence-electron chi connectivity index (χ1n) is 6.68. The number of amides is 1. The van der Waals surface area contributed by atoms with E-state index in [9.17, 15) is 9.90 Å². The lowest BCUT2D eigenvalue weighted by atomic mass is 9.99. The smallest absolute Gasteiger partial charge is 0.220 e. The highest BCUT2D eigenvalue weighted by Gasteiger charge is 2.22. The van der Waals surface area contributed by atoms with Crippen LogP contribution in [0.3, 0.4) is 0 Å². The van der Waals surface area contributed by atoms with Gasteiger partial charge in [0.05, 0.1) is 23.7 Å². The first-order chi connectivity index (χ1) is 9.44. The number of nitrogens with one attached hydrogen (secondary N) is 1. The summed E-state index contributed by atoms with van der Waals surface area (Å²) in [6.45, 7) is 3.73. The van der Waals surface area contributed by atoms with Crippen LogP contribution in [0.2, 0.25) is 0 Å². The second-order valence-electron chi connectivity index (χ2n) is 5.09. The second kappa shape index (κ2) is 7.64. The summed E-state index contributed by atoms with van der Waals surface area (Å²) in [5, 5.41) is 12.2. The summed E-state index contributed by atoms with van der Waals surface area (Å²) in [6, 6.07) is 5.78. The van der Waals surface area contributed by atoms with Crippen molar-refractivity contribution in [2.24, 2.45) is 0 Å². The van der Waals surface area contributed by atoms with Crippen molar-refractivity contribution in [3.63, 3.8) is 0 Å². The van der Waals surface area contributed by atoms with Crippen LogP contribution in [0.5, 0.6) is 5.75 Å². The standard InChI is InChI=1S/C15H22BrNO3/c1-4-15(2,10-18)17-14(19)8-6-11-5-7-13(20-3)12(16)9-11/h5,7,9,18H,4,6,8,10H2,1-3H3,(H,17,19). The molecule has 0 spiro atoms. The van der Waals surface area contributed by atoms with E-state index in [-0.39, 0.29) is 12.5 Å². The summed E-state index contributed by atoms with van der Waals surface area (Å²) >= 11 is 3.43. The maximum atomic E-state index is 11.9. The minimum atomic E-state index is -0.530. The van der Waals surface area contributed by atoms with Gasteiger partial charge in [-0.3, -0.25) is 4.79 Å². The minimum absolute atomic E-state index is 0.0460. The Morgan fingerprint density at radius 3 is 2.70 bits per heavy atom. The van der Waals surface area contributed by atoms with E-state index in [1.54, 1.807) is 7.11 Å². The summed E-state index contributed by atoms with van der Waals surface area (Å²) < 4.78 is 6.05. The zero-order chi connectivity index (χ0) is 15.2. The van der Waals surface area contributed by atoms with Gasteiger partial charge in [-0.2, -0.15) is 0 Å². The Bertz CT molecular complexity index is 458. The number of carbonyl (C=O) groups excluding carboxylic acids is 1. The summed E-state index contributed by atoms with van der Waals surface area (Å²) in [6.07, 6.45) is 1.75. The van der Waals surface area contributed by atoms with Gasteiger partial charge in [0.2, 0.25) is 5.91 Å². The fourth-order valence-electron chi connectivity index (χ4n) is 1.76. The Morgan fingerprint density at radius 1 is 1.50 bits per heavy atom. The maximum Gasteiger partial charge on any atom is 0.220 e. The summed E-state index contributed by atoms with van der Waals surface area (Å²) in [4.78, 5) is 11.9. The second-order valence-corrected chi connectivity index (χ2v) is 5.94. The molecule has 112 valence electrons. The van der Waals surface area contributed by atoms with Crippen molar-refractivity contribution in [2.45, 2.75) is 38.6 Å². The molecule has 1 aromatic carbocycles. The van der Waals surface area contributed by atoms with Gasteiger partial charge in [0, 0.05) is 6.42 Å². The lowest BCUT2D eigenvalue weighted by Crippen LogP contribution is -2.48. The summed E-state index contributed by atoms with van der Waals surface area (Å²) in [5.41, 5.74) is 0.535. The third-order valence-corrected chi connectivity index (χ3v) is 4.05. The molecule has 0 aliphatic carbocycles. The normalized spacial score (nSPS) is 13.7. The molecule has 1 aromatic rings. The lowest BCUT2D eigenvalue weighted by Gasteiger charge is -2.27. The Balaban J connectivity index is 2.55. The van der Waals surface area contributed by atoms with E-state index in [1.807, 2.05) is 32.0 Å². The first-order valence-corrected chi connectivity index (χ1v) is 7.47. The largest absolute Gasteiger partial charge is 0.496 e. The van der Waals surface area contributed by atoms with Crippen molar-refractivity contribution >= 4 is 21.8 Å². The maximum absolute atomic E-state index is 11.9. The van der Waals surface area contributed by atoms with Crippen LogP contribution in [-0.2, 0) is 11.2 Å². The topological polar surface area (TPSA) is 58.6 Å². The molecule has 0 saturated carbocycles. The Hall–Kier alpha value is -1.07. The summed E-state index contributed by atoms with van der Waals surface area (Å²) in [5.74, 6) is 0.729. The Kier molecular flexibility index (Phi) is 6.49. The van der Waals surface area contributed by atoms with Gasteiger partial charge in [-0.15, -0.1) is 0 Å². The molecular weight excluding hydrogens is 322 g/mol. The van der Waals surface area contributed by atoms with Crippen molar-refractivity contribution in [1.82, 2.24) is 5.32 Å². The van der Waals surface area contributed by atoms with Crippen LogP contribution < -0.4 is 10.1 Å². The predicted octanol–water partition coefficient (Wildman–Crippen LogP) is 2.67. The van der Waals surface area contributed by atoms with E-state index in [4.69, 9.17) is 4.74 Å². The molecule has 20 heavy (non-hydrogen) atoms. The van der Waals surface area contributed by atoms with Gasteiger partial charge in [-0.05, 0) is 53.4 Å². The molecule has 2 N–H and O–H groups in total. The van der Waals surface area contributed by atoms with Gasteiger partial charge in [0.1, 0.15) is 5.75 Å². The highest BCUT2D eigenvalue weighted by Crippen LogP contribution is 2.26. The summed E-state index contributed by atoms with van der Waals surface area (Å²) in [7, 11) is 1.62. The van der Waals surface area contributed by atoms with Crippen molar-refractivity contribution in [3.05, 3.63) is 28.2 Å². The quantitative estimate of drug-likeness (QED) is 0.800. The van der Waals surface area contributed by atoms with Gasteiger partial charge in [-0.25, -0.2) is 0 Å². The number of aliphatic hydroxyl groups is 1. The van der Waals surface area contributed by atoms with Crippen LogP contribution in [0.4, 0.5) is 0 Å². The van der Waals surface area contributed by atoms with Crippen LogP contribution in [0, 0.1) is 0 Å². The number of rotatable bonds is 7. The van der Waals surface area contributed by atoms with Crippen molar-refractivity contribution in [1.29, 1.82) is 0 Å². The number of aryl methyl sites for hydroxylation is 1. The molecule has 0 aromatic heterocycles. The molecule has 1 atom stereocenters. The van der Waals surface area contributed by atoms with E-state index >= 15 is 0 Å². The molecule has 5 heteroatoms. The third-order valence-electron chi connectivity index (χ3n) is 3.43. The van der Waals surface area contributed by atoms with E-state index in [2.05, 4.69) is 21.2 Å². The highest BCUT2D eigenvalue weighted by molar-refractivity contribution is 9.10. The number of methoxy groups -OCH3 is 1. The fourth-order valence-corrected chi connectivity index (χ4v) is 2.35. The van der Waals surface area contributed by atoms with Crippen molar-refractivity contribution in [3.8, 4) is 5.75 Å². The predicted molar refractivity (Wildman–Crippen MR) is 82.9 cm³/mol. The molecule has 0 fully saturated rings. The van der Waals surface area contributed by atoms with Crippen molar-refractivity contribution in [2.75, 3.05) is 13.7 Å². The molecule has 1 rings (SSSR count). The number of benzene rings is 1. The number of hydrogen-bond donors (Lipinski definition) is 2. The van der Waals surface area contributed by atoms with Crippen LogP contribution in [0.15, 0.2) is 22.7 Å². The molecule has 0 bridgehead atoms. The van der Waals surface area contributed by atoms with Gasteiger partial charge < -0.3 is 15.2 Å². The molecule has 0 aliphatic rings. The number of carbonyl (C=O) groups is 1. The van der Waals surface area contributed by atoms with E-state index in [0.717, 1.165) is 15.8 Å². The third kappa shape index (κ3) is 4.80. The average molecular weight is 344 g/mol. The van der Waals surface area contributed by atoms with Crippen molar-refractivity contribution < 1.29 is 14.6 Å². The molecule has 0 radical (unpaired) electrons. The Morgan fingerprint density at radius 2 is 2.20 bits per heavy atom. The monoisotopic (exact) mass is 343 g/mol. The molecule has 0 heterocycles. The number of halogens is 1. The molecule has 0 saturated heterocycles. The molecule has 1 amide bonds. The minimum Gasteiger partial charge on any atom is -0.496 e. The highest BCUT2D eigenvalue weighted by atomic mass is 79.9. The molecular formula is C15H22BrNO3. The zero-order valence-corrected chi connectivity index (χ0v) is 13.8. The van der Waals surface area contributed by atoms with E-state index in [1.165, 1.54) is 0 Å². The Labute approximate surface area is 128 Å². The van der Waals surface area contributed by atoms with Crippen LogP contribution in [0.1, 0.15) is 32.3 Å². The SMILES string of the molecule is CCC(C)(CO)NC(=O)CCc1ccc(OC)c(Br)c1. The van der Waals surface area contributed by atoms with Crippen LogP contribution in [0.25, 0.3) is 0 Å². The zero-order valence-electron chi connectivity index (χ0n) is 12.2. The molecule has 4 nitrogen and oxygen atoms in total. The molecule has 1 unspecified atom stereocenters. The van der Waals surface area contributed by atoms with E-state index in [0.29, 0.717) is 19.3 Å². The van der Waals surface area contributed by atoms with Gasteiger partial charge in [-0.1, -0.05) is 13.0 Å². The van der Waals surface area contributed by atoms with Crippen LogP contribution in [-0.4, -0.2) is 30.3 Å². The van der Waals surface area contributed by atoms with Gasteiger partial charge in [0.15, 0.2) is 0 Å². The van der Waals surface area contributed by atoms with Gasteiger partial charge >= 0.3 is 0 Å². The fraction of sp³-hybridized carbons (Fsp3) is 0.533. The van der Waals surface area contributed by atoms with E-state index < -0.39 is 5.54 Å². The van der Waals surface area contributed by atoms with Crippen LogP contribution >= 0.6 is 15.9 Å². The first kappa shape index (κ1) is 17.0. The molecule has 0 aliphatic heterocycles. The number of ether oxygens (including phenoxy) is 1.